The molecule has 1 N–H and O–H groups in total. The Labute approximate surface area is 117 Å². The van der Waals surface area contributed by atoms with Gasteiger partial charge in [-0.2, -0.15) is 0 Å². The smallest absolute Gasteiger partial charge is 0.146 e. The van der Waals surface area contributed by atoms with Crippen molar-refractivity contribution in [1.29, 1.82) is 0 Å². The molecule has 4 heteroatoms. The van der Waals surface area contributed by atoms with Gasteiger partial charge in [-0.15, -0.1) is 22.7 Å². The van der Waals surface area contributed by atoms with Gasteiger partial charge in [0, 0.05) is 19.7 Å². The Morgan fingerprint density at radius 2 is 1.95 bits per heavy atom. The number of aliphatic hydroxyl groups excluding tert-OH is 1. The van der Waals surface area contributed by atoms with Gasteiger partial charge in [0.25, 0.3) is 0 Å². The molecule has 0 aliphatic rings. The SMILES string of the molecule is OC(c1cc2ccccc2o1)c1cc2sccc2s1. The zero-order chi connectivity index (χ0) is 12.8. The van der Waals surface area contributed by atoms with Gasteiger partial charge in [0.1, 0.15) is 17.4 Å². The Bertz CT molecular complexity index is 792. The fourth-order valence-corrected chi connectivity index (χ4v) is 4.31. The summed E-state index contributed by atoms with van der Waals surface area (Å²) in [5.41, 5.74) is 0.815. The van der Waals surface area contributed by atoms with E-state index in [9.17, 15) is 5.11 Å². The first kappa shape index (κ1) is 11.2. The first-order valence-electron chi connectivity index (χ1n) is 5.95. The molecule has 3 aromatic heterocycles. The van der Waals surface area contributed by atoms with E-state index in [1.54, 1.807) is 22.7 Å². The van der Waals surface area contributed by atoms with E-state index in [0.717, 1.165) is 15.8 Å². The highest BCUT2D eigenvalue weighted by Crippen LogP contribution is 2.37. The molecule has 0 bridgehead atoms. The van der Waals surface area contributed by atoms with Crippen LogP contribution in [0.2, 0.25) is 0 Å². The van der Waals surface area contributed by atoms with Crippen molar-refractivity contribution < 1.29 is 9.52 Å². The van der Waals surface area contributed by atoms with E-state index in [1.807, 2.05) is 36.4 Å². The molecule has 0 amide bonds. The van der Waals surface area contributed by atoms with Gasteiger partial charge in [-0.3, -0.25) is 0 Å². The number of hydrogen-bond acceptors (Lipinski definition) is 4. The van der Waals surface area contributed by atoms with Gasteiger partial charge in [0.15, 0.2) is 0 Å². The lowest BCUT2D eigenvalue weighted by molar-refractivity contribution is 0.196. The van der Waals surface area contributed by atoms with Crippen molar-refractivity contribution in [1.82, 2.24) is 0 Å². The maximum atomic E-state index is 10.4. The maximum absolute atomic E-state index is 10.4. The van der Waals surface area contributed by atoms with E-state index in [0.29, 0.717) is 5.76 Å². The van der Waals surface area contributed by atoms with E-state index in [4.69, 9.17) is 4.42 Å². The summed E-state index contributed by atoms with van der Waals surface area (Å²) in [6.45, 7) is 0. The molecule has 0 saturated carbocycles. The van der Waals surface area contributed by atoms with Crippen LogP contribution in [0.1, 0.15) is 16.7 Å². The van der Waals surface area contributed by atoms with Crippen LogP contribution in [0.4, 0.5) is 0 Å². The van der Waals surface area contributed by atoms with Gasteiger partial charge in [0.2, 0.25) is 0 Å². The number of fused-ring (bicyclic) bond motifs is 2. The number of furan rings is 1. The van der Waals surface area contributed by atoms with Crippen molar-refractivity contribution in [3.63, 3.8) is 0 Å². The van der Waals surface area contributed by atoms with E-state index >= 15 is 0 Å². The summed E-state index contributed by atoms with van der Waals surface area (Å²) < 4.78 is 8.15. The normalized spacial score (nSPS) is 13.3. The summed E-state index contributed by atoms with van der Waals surface area (Å²) >= 11 is 3.31. The summed E-state index contributed by atoms with van der Waals surface area (Å²) in [6.07, 6.45) is -0.683. The molecular weight excluding hydrogens is 276 g/mol. The Morgan fingerprint density at radius 3 is 2.79 bits per heavy atom. The lowest BCUT2D eigenvalue weighted by Gasteiger charge is -2.03. The van der Waals surface area contributed by atoms with E-state index in [-0.39, 0.29) is 0 Å². The van der Waals surface area contributed by atoms with Crippen molar-refractivity contribution in [2.24, 2.45) is 0 Å². The average molecular weight is 286 g/mol. The third kappa shape index (κ3) is 1.80. The van der Waals surface area contributed by atoms with Crippen molar-refractivity contribution in [2.75, 3.05) is 0 Å². The number of thiophene rings is 2. The van der Waals surface area contributed by atoms with Crippen LogP contribution in [0.25, 0.3) is 20.4 Å². The van der Waals surface area contributed by atoms with E-state index in [2.05, 4.69) is 11.4 Å². The largest absolute Gasteiger partial charge is 0.458 e. The molecule has 1 unspecified atom stereocenters. The van der Waals surface area contributed by atoms with Crippen LogP contribution in [0, 0.1) is 0 Å². The van der Waals surface area contributed by atoms with E-state index in [1.165, 1.54) is 9.40 Å². The molecule has 1 atom stereocenters. The minimum atomic E-state index is -0.683. The molecule has 1 aromatic carbocycles. The summed E-state index contributed by atoms with van der Waals surface area (Å²) in [7, 11) is 0. The van der Waals surface area contributed by atoms with Crippen LogP contribution in [-0.2, 0) is 0 Å². The molecule has 0 saturated heterocycles. The monoisotopic (exact) mass is 286 g/mol. The maximum Gasteiger partial charge on any atom is 0.146 e. The number of benzene rings is 1. The summed E-state index contributed by atoms with van der Waals surface area (Å²) in [5, 5.41) is 13.5. The van der Waals surface area contributed by atoms with Crippen LogP contribution >= 0.6 is 22.7 Å². The highest BCUT2D eigenvalue weighted by molar-refractivity contribution is 7.26. The fraction of sp³-hybridized carbons (Fsp3) is 0.0667. The van der Waals surface area contributed by atoms with Gasteiger partial charge < -0.3 is 9.52 Å². The molecule has 4 aromatic rings. The molecule has 94 valence electrons. The number of rotatable bonds is 2. The van der Waals surface area contributed by atoms with Crippen molar-refractivity contribution in [2.45, 2.75) is 6.10 Å². The lowest BCUT2D eigenvalue weighted by atomic mass is 10.2. The minimum absolute atomic E-state index is 0.607. The molecule has 0 aliphatic heterocycles. The zero-order valence-corrected chi connectivity index (χ0v) is 11.5. The summed E-state index contributed by atoms with van der Waals surface area (Å²) in [4.78, 5) is 0.931. The first-order chi connectivity index (χ1) is 9.31. The second-order valence-corrected chi connectivity index (χ2v) is 6.45. The second kappa shape index (κ2) is 4.20. The molecular formula is C15H10O2S2. The van der Waals surface area contributed by atoms with Gasteiger partial charge in [-0.05, 0) is 29.6 Å². The van der Waals surface area contributed by atoms with Gasteiger partial charge in [-0.25, -0.2) is 0 Å². The molecule has 2 nitrogen and oxygen atoms in total. The third-order valence-electron chi connectivity index (χ3n) is 3.14. The molecule has 0 aliphatic carbocycles. The molecule has 19 heavy (non-hydrogen) atoms. The number of aliphatic hydroxyl groups is 1. The standard InChI is InChI=1S/C15H10O2S2/c16-15(14-8-13-12(19-14)5-6-18-13)11-7-9-3-1-2-4-10(9)17-11/h1-8,15-16H. The van der Waals surface area contributed by atoms with Gasteiger partial charge in [0.05, 0.1) is 0 Å². The molecule has 0 spiro atoms. The Kier molecular flexibility index (Phi) is 2.48. The highest BCUT2D eigenvalue weighted by atomic mass is 32.1. The molecule has 4 rings (SSSR count). The van der Waals surface area contributed by atoms with Crippen LogP contribution in [0.5, 0.6) is 0 Å². The Hall–Kier alpha value is -1.62. The zero-order valence-electron chi connectivity index (χ0n) is 9.87. The summed E-state index contributed by atoms with van der Waals surface area (Å²) in [5.74, 6) is 0.607. The van der Waals surface area contributed by atoms with Gasteiger partial charge in [-0.1, -0.05) is 18.2 Å². The molecule has 0 fully saturated rings. The predicted molar refractivity (Wildman–Crippen MR) is 80.0 cm³/mol. The number of hydrogen-bond donors (Lipinski definition) is 1. The minimum Gasteiger partial charge on any atom is -0.458 e. The van der Waals surface area contributed by atoms with Crippen molar-refractivity contribution in [3.05, 3.63) is 58.5 Å². The Balaban J connectivity index is 1.80. The van der Waals surface area contributed by atoms with Crippen LogP contribution in [0.3, 0.4) is 0 Å². The topological polar surface area (TPSA) is 33.4 Å². The average Bonchev–Trinajstić information content (AvgIpc) is 3.10. The molecule has 3 heterocycles. The molecule has 0 radical (unpaired) electrons. The quantitative estimate of drug-likeness (QED) is 0.574. The third-order valence-corrected chi connectivity index (χ3v) is 5.29. The Morgan fingerprint density at radius 1 is 1.05 bits per heavy atom. The second-order valence-electron chi connectivity index (χ2n) is 4.39. The fourth-order valence-electron chi connectivity index (χ4n) is 2.20. The lowest BCUT2D eigenvalue weighted by Crippen LogP contribution is -1.93. The van der Waals surface area contributed by atoms with Crippen molar-refractivity contribution in [3.8, 4) is 0 Å². The summed E-state index contributed by atoms with van der Waals surface area (Å²) in [6, 6.07) is 13.8. The van der Waals surface area contributed by atoms with Crippen LogP contribution < -0.4 is 0 Å². The van der Waals surface area contributed by atoms with E-state index < -0.39 is 6.10 Å². The highest BCUT2D eigenvalue weighted by Gasteiger charge is 2.18. The number of para-hydroxylation sites is 1. The first-order valence-corrected chi connectivity index (χ1v) is 7.64. The van der Waals surface area contributed by atoms with Gasteiger partial charge >= 0.3 is 0 Å². The van der Waals surface area contributed by atoms with Crippen molar-refractivity contribution >= 4 is 43.0 Å². The predicted octanol–water partition coefficient (Wildman–Crippen LogP) is 4.79. The van der Waals surface area contributed by atoms with Crippen LogP contribution in [-0.4, -0.2) is 5.11 Å². The van der Waals surface area contributed by atoms with Crippen LogP contribution in [0.15, 0.2) is 52.3 Å².